The Labute approximate surface area is 148 Å². The molecule has 6 nitrogen and oxygen atoms in total. The van der Waals surface area contributed by atoms with Gasteiger partial charge in [-0.3, -0.25) is 9.59 Å². The third-order valence-electron chi connectivity index (χ3n) is 4.65. The fraction of sp³-hybridized carbons (Fsp3) is 0.579. The number of hydrogen-bond acceptors (Lipinski definition) is 4. The molecule has 1 aliphatic carbocycles. The van der Waals surface area contributed by atoms with Crippen molar-refractivity contribution >= 4 is 11.9 Å². The third-order valence-corrected chi connectivity index (χ3v) is 4.65. The Bertz CT molecular complexity index is 610. The minimum absolute atomic E-state index is 0.0364. The van der Waals surface area contributed by atoms with Gasteiger partial charge in [0.25, 0.3) is 0 Å². The van der Waals surface area contributed by atoms with Crippen molar-refractivity contribution < 1.29 is 24.2 Å². The molecule has 1 fully saturated rings. The van der Waals surface area contributed by atoms with Crippen LogP contribution in [0.25, 0.3) is 0 Å². The molecule has 0 aliphatic heterocycles. The minimum Gasteiger partial charge on any atom is -0.491 e. The van der Waals surface area contributed by atoms with E-state index < -0.39 is 11.4 Å². The topological polar surface area (TPSA) is 84.9 Å². The molecular formula is C19H27NO5. The summed E-state index contributed by atoms with van der Waals surface area (Å²) in [6.45, 7) is 5.83. The van der Waals surface area contributed by atoms with Crippen LogP contribution in [0.2, 0.25) is 0 Å². The Morgan fingerprint density at radius 1 is 1.28 bits per heavy atom. The fourth-order valence-corrected chi connectivity index (χ4v) is 2.93. The zero-order valence-corrected chi connectivity index (χ0v) is 15.0. The smallest absolute Gasteiger partial charge is 0.310 e. The number of ether oxygens (including phenoxy) is 2. The Morgan fingerprint density at radius 2 is 2.04 bits per heavy atom. The van der Waals surface area contributed by atoms with Crippen LogP contribution in [0.1, 0.15) is 43.7 Å². The molecule has 25 heavy (non-hydrogen) atoms. The molecule has 2 N–H and O–H groups in total. The van der Waals surface area contributed by atoms with Gasteiger partial charge in [-0.25, -0.2) is 0 Å². The molecule has 1 aliphatic rings. The number of rotatable bonds is 10. The lowest BCUT2D eigenvalue weighted by atomic mass is 9.66. The number of hydrogen-bond donors (Lipinski definition) is 2. The minimum atomic E-state index is -0.871. The Balaban J connectivity index is 1.90. The van der Waals surface area contributed by atoms with Gasteiger partial charge >= 0.3 is 5.97 Å². The molecule has 0 spiro atoms. The van der Waals surface area contributed by atoms with Crippen LogP contribution in [0.15, 0.2) is 18.2 Å². The second-order valence-corrected chi connectivity index (χ2v) is 6.55. The summed E-state index contributed by atoms with van der Waals surface area (Å²) >= 11 is 0. The molecule has 0 heterocycles. The Hall–Kier alpha value is -2.08. The largest absolute Gasteiger partial charge is 0.491 e. The van der Waals surface area contributed by atoms with Crippen molar-refractivity contribution in [2.45, 2.75) is 46.1 Å². The predicted octanol–water partition coefficient (Wildman–Crippen LogP) is 2.67. The van der Waals surface area contributed by atoms with E-state index in [0.29, 0.717) is 39.2 Å². The van der Waals surface area contributed by atoms with Crippen molar-refractivity contribution in [1.82, 2.24) is 5.32 Å². The molecule has 0 aromatic heterocycles. The number of amides is 1. The summed E-state index contributed by atoms with van der Waals surface area (Å²) in [4.78, 5) is 23.5. The molecule has 138 valence electrons. The van der Waals surface area contributed by atoms with E-state index >= 15 is 0 Å². The highest BCUT2D eigenvalue weighted by Gasteiger charge is 2.45. The lowest BCUT2D eigenvalue weighted by Crippen LogP contribution is -2.42. The molecule has 0 saturated heterocycles. The van der Waals surface area contributed by atoms with Crippen LogP contribution in [0.3, 0.4) is 0 Å². The fourth-order valence-electron chi connectivity index (χ4n) is 2.93. The first-order valence-electron chi connectivity index (χ1n) is 8.77. The van der Waals surface area contributed by atoms with Crippen molar-refractivity contribution in [1.29, 1.82) is 0 Å². The highest BCUT2D eigenvalue weighted by atomic mass is 16.5. The van der Waals surface area contributed by atoms with Gasteiger partial charge in [0.1, 0.15) is 12.4 Å². The number of carbonyl (C=O) groups excluding carboxylic acids is 1. The van der Waals surface area contributed by atoms with E-state index in [2.05, 4.69) is 5.32 Å². The van der Waals surface area contributed by atoms with Crippen LogP contribution in [0, 0.1) is 12.3 Å². The molecule has 1 saturated carbocycles. The highest BCUT2D eigenvalue weighted by Crippen LogP contribution is 2.44. The second-order valence-electron chi connectivity index (χ2n) is 6.55. The maximum atomic E-state index is 12.2. The van der Waals surface area contributed by atoms with Crippen LogP contribution in [0.4, 0.5) is 0 Å². The van der Waals surface area contributed by atoms with Gasteiger partial charge in [-0.05, 0) is 38.3 Å². The molecule has 0 radical (unpaired) electrons. The number of benzene rings is 1. The van der Waals surface area contributed by atoms with E-state index in [1.807, 2.05) is 32.0 Å². The lowest BCUT2D eigenvalue weighted by molar-refractivity contribution is -0.157. The van der Waals surface area contributed by atoms with Crippen LogP contribution in [-0.4, -0.2) is 36.8 Å². The van der Waals surface area contributed by atoms with Crippen molar-refractivity contribution in [2.24, 2.45) is 5.41 Å². The van der Waals surface area contributed by atoms with Gasteiger partial charge in [-0.15, -0.1) is 0 Å². The molecule has 0 atom stereocenters. The SMILES string of the molecule is CCOCCOc1cc(C)ccc1CNC(=O)CC1(C(=O)O)CCC1. The van der Waals surface area contributed by atoms with Gasteiger partial charge in [0.15, 0.2) is 0 Å². The third kappa shape index (κ3) is 5.19. The normalized spacial score (nSPS) is 15.3. The van der Waals surface area contributed by atoms with Crippen molar-refractivity contribution in [3.8, 4) is 5.75 Å². The molecular weight excluding hydrogens is 322 g/mol. The Kier molecular flexibility index (Phi) is 6.82. The number of nitrogens with one attached hydrogen (secondary N) is 1. The zero-order chi connectivity index (χ0) is 18.3. The first-order chi connectivity index (χ1) is 12.0. The van der Waals surface area contributed by atoms with Crippen LogP contribution in [-0.2, 0) is 20.9 Å². The van der Waals surface area contributed by atoms with Crippen molar-refractivity contribution in [3.05, 3.63) is 29.3 Å². The predicted molar refractivity (Wildman–Crippen MR) is 93.6 cm³/mol. The zero-order valence-electron chi connectivity index (χ0n) is 15.0. The summed E-state index contributed by atoms with van der Waals surface area (Å²) < 4.78 is 11.0. The molecule has 2 rings (SSSR count). The van der Waals surface area contributed by atoms with Gasteiger partial charge in [0.05, 0.1) is 12.0 Å². The summed E-state index contributed by atoms with van der Waals surface area (Å²) in [5.41, 5.74) is 1.07. The average molecular weight is 349 g/mol. The van der Waals surface area contributed by atoms with E-state index in [-0.39, 0.29) is 12.3 Å². The van der Waals surface area contributed by atoms with E-state index in [9.17, 15) is 14.7 Å². The van der Waals surface area contributed by atoms with Crippen molar-refractivity contribution in [3.63, 3.8) is 0 Å². The number of carbonyl (C=O) groups is 2. The number of carboxylic acid groups (broad SMARTS) is 1. The van der Waals surface area contributed by atoms with Gasteiger partial charge in [-0.1, -0.05) is 18.6 Å². The summed E-state index contributed by atoms with van der Waals surface area (Å²) in [6, 6.07) is 5.81. The van der Waals surface area contributed by atoms with Crippen molar-refractivity contribution in [2.75, 3.05) is 19.8 Å². The van der Waals surface area contributed by atoms with Gasteiger partial charge in [0, 0.05) is 25.1 Å². The maximum Gasteiger partial charge on any atom is 0.310 e. The monoisotopic (exact) mass is 349 g/mol. The summed E-state index contributed by atoms with van der Waals surface area (Å²) in [6.07, 6.45) is 2.06. The number of aliphatic carboxylic acids is 1. The van der Waals surface area contributed by atoms with E-state index in [4.69, 9.17) is 9.47 Å². The first kappa shape index (κ1) is 19.2. The number of aryl methyl sites for hydroxylation is 1. The highest BCUT2D eigenvalue weighted by molar-refractivity contribution is 5.85. The van der Waals surface area contributed by atoms with Crippen LogP contribution < -0.4 is 10.1 Å². The van der Waals surface area contributed by atoms with Crippen LogP contribution >= 0.6 is 0 Å². The first-order valence-corrected chi connectivity index (χ1v) is 8.77. The molecule has 6 heteroatoms. The lowest BCUT2D eigenvalue weighted by Gasteiger charge is -2.36. The van der Waals surface area contributed by atoms with Gasteiger partial charge in [-0.2, -0.15) is 0 Å². The summed E-state index contributed by atoms with van der Waals surface area (Å²) in [5.74, 6) is -0.385. The summed E-state index contributed by atoms with van der Waals surface area (Å²) in [7, 11) is 0. The molecule has 1 amide bonds. The van der Waals surface area contributed by atoms with Gasteiger partial charge in [0.2, 0.25) is 5.91 Å². The Morgan fingerprint density at radius 3 is 2.64 bits per heavy atom. The average Bonchev–Trinajstić information content (AvgIpc) is 2.53. The molecule has 0 unspecified atom stereocenters. The van der Waals surface area contributed by atoms with E-state index in [1.54, 1.807) is 0 Å². The summed E-state index contributed by atoms with van der Waals surface area (Å²) in [5, 5.41) is 12.1. The van der Waals surface area contributed by atoms with E-state index in [0.717, 1.165) is 23.3 Å². The quantitative estimate of drug-likeness (QED) is 0.634. The standard InChI is InChI=1S/C19H27NO5/c1-3-24-9-10-25-16-11-14(2)5-6-15(16)13-20-17(21)12-19(18(22)23)7-4-8-19/h5-6,11H,3-4,7-10,12-13H2,1-2H3,(H,20,21)(H,22,23). The van der Waals surface area contributed by atoms with E-state index in [1.165, 1.54) is 0 Å². The van der Waals surface area contributed by atoms with Gasteiger partial charge < -0.3 is 19.9 Å². The molecule has 1 aromatic rings. The maximum absolute atomic E-state index is 12.2. The van der Waals surface area contributed by atoms with Crippen LogP contribution in [0.5, 0.6) is 5.75 Å². The number of carboxylic acids is 1. The molecule has 0 bridgehead atoms. The second kappa shape index (κ2) is 8.85. The molecule has 1 aromatic carbocycles.